The number of hydrogen-bond acceptors (Lipinski definition) is 2. The van der Waals surface area contributed by atoms with E-state index >= 15 is 0 Å². The highest BCUT2D eigenvalue weighted by atomic mass is 16.3. The molecular formula is C12H17NO. The van der Waals surface area contributed by atoms with Gasteiger partial charge >= 0.3 is 0 Å². The van der Waals surface area contributed by atoms with Gasteiger partial charge in [-0.25, -0.2) is 0 Å². The van der Waals surface area contributed by atoms with Crippen molar-refractivity contribution in [3.8, 4) is 0 Å². The van der Waals surface area contributed by atoms with E-state index < -0.39 is 0 Å². The molecule has 2 heteroatoms. The molecule has 0 bridgehead atoms. The lowest BCUT2D eigenvalue weighted by Gasteiger charge is -2.07. The fraction of sp³-hybridized carbons (Fsp3) is 0.500. The zero-order chi connectivity index (χ0) is 9.80. The molecule has 1 saturated carbocycles. The van der Waals surface area contributed by atoms with Crippen LogP contribution < -0.4 is 5.32 Å². The lowest BCUT2D eigenvalue weighted by molar-refractivity contribution is 0.280. The maximum Gasteiger partial charge on any atom is 0.0685 e. The first-order chi connectivity index (χ1) is 6.90. The summed E-state index contributed by atoms with van der Waals surface area (Å²) in [5.41, 5.74) is 2.26. The van der Waals surface area contributed by atoms with E-state index in [2.05, 4.69) is 11.4 Å². The van der Waals surface area contributed by atoms with Crippen LogP contribution in [0.5, 0.6) is 0 Å². The normalized spacial score (nSPS) is 15.8. The summed E-state index contributed by atoms with van der Waals surface area (Å²) in [5, 5.41) is 12.5. The molecule has 2 nitrogen and oxygen atoms in total. The number of hydrogen-bond donors (Lipinski definition) is 2. The maximum atomic E-state index is 9.11. The standard InChI is InChI=1S/C12H17NO/c14-9-12-4-2-1-3-11(12)8-13-7-10-5-6-10/h1-4,10,13-14H,5-9H2. The summed E-state index contributed by atoms with van der Waals surface area (Å²) in [6.45, 7) is 2.15. The fourth-order valence-electron chi connectivity index (χ4n) is 1.62. The van der Waals surface area contributed by atoms with E-state index in [1.54, 1.807) is 0 Å². The predicted molar refractivity (Wildman–Crippen MR) is 56.8 cm³/mol. The van der Waals surface area contributed by atoms with Gasteiger partial charge in [0.1, 0.15) is 0 Å². The molecule has 0 saturated heterocycles. The van der Waals surface area contributed by atoms with Gasteiger partial charge in [0.25, 0.3) is 0 Å². The second kappa shape index (κ2) is 4.58. The van der Waals surface area contributed by atoms with Crippen LogP contribution in [0.4, 0.5) is 0 Å². The molecule has 76 valence electrons. The largest absolute Gasteiger partial charge is 0.392 e. The molecule has 2 N–H and O–H groups in total. The first kappa shape index (κ1) is 9.69. The lowest BCUT2D eigenvalue weighted by Crippen LogP contribution is -2.17. The van der Waals surface area contributed by atoms with Gasteiger partial charge in [0.2, 0.25) is 0 Å². The third kappa shape index (κ3) is 2.56. The number of aliphatic hydroxyl groups excluding tert-OH is 1. The Morgan fingerprint density at radius 3 is 2.57 bits per heavy atom. The molecule has 1 aliphatic carbocycles. The Bertz CT molecular complexity index is 294. The van der Waals surface area contributed by atoms with E-state index in [0.717, 1.165) is 24.6 Å². The molecule has 1 aromatic carbocycles. The van der Waals surface area contributed by atoms with E-state index in [-0.39, 0.29) is 6.61 Å². The van der Waals surface area contributed by atoms with Crippen molar-refractivity contribution in [2.24, 2.45) is 5.92 Å². The maximum absolute atomic E-state index is 9.11. The highest BCUT2D eigenvalue weighted by Crippen LogP contribution is 2.27. The zero-order valence-corrected chi connectivity index (χ0v) is 8.37. The molecular weight excluding hydrogens is 174 g/mol. The van der Waals surface area contributed by atoms with Crippen LogP contribution in [-0.4, -0.2) is 11.7 Å². The Kier molecular flexibility index (Phi) is 3.17. The molecule has 2 rings (SSSR count). The molecule has 0 amide bonds. The van der Waals surface area contributed by atoms with Crippen LogP contribution in [0.15, 0.2) is 24.3 Å². The first-order valence-corrected chi connectivity index (χ1v) is 5.28. The monoisotopic (exact) mass is 191 g/mol. The van der Waals surface area contributed by atoms with Crippen molar-refractivity contribution in [1.29, 1.82) is 0 Å². The Labute approximate surface area is 85.0 Å². The molecule has 0 atom stereocenters. The first-order valence-electron chi connectivity index (χ1n) is 5.28. The number of nitrogens with one attached hydrogen (secondary N) is 1. The van der Waals surface area contributed by atoms with Gasteiger partial charge in [0.15, 0.2) is 0 Å². The third-order valence-corrected chi connectivity index (χ3v) is 2.73. The van der Waals surface area contributed by atoms with Crippen LogP contribution in [0, 0.1) is 5.92 Å². The Morgan fingerprint density at radius 1 is 1.21 bits per heavy atom. The highest BCUT2D eigenvalue weighted by Gasteiger charge is 2.20. The molecule has 0 unspecified atom stereocenters. The number of rotatable bonds is 5. The molecule has 0 spiro atoms. The van der Waals surface area contributed by atoms with Crippen molar-refractivity contribution >= 4 is 0 Å². The van der Waals surface area contributed by atoms with Crippen LogP contribution in [-0.2, 0) is 13.2 Å². The second-order valence-corrected chi connectivity index (χ2v) is 4.00. The molecule has 1 fully saturated rings. The van der Waals surface area contributed by atoms with Gasteiger partial charge in [-0.2, -0.15) is 0 Å². The van der Waals surface area contributed by atoms with E-state index in [1.165, 1.54) is 18.4 Å². The van der Waals surface area contributed by atoms with Crippen molar-refractivity contribution in [1.82, 2.24) is 5.32 Å². The summed E-state index contributed by atoms with van der Waals surface area (Å²) in [6, 6.07) is 8.04. The van der Waals surface area contributed by atoms with E-state index in [9.17, 15) is 0 Å². The Balaban J connectivity index is 1.86. The third-order valence-electron chi connectivity index (χ3n) is 2.73. The average molecular weight is 191 g/mol. The summed E-state index contributed by atoms with van der Waals surface area (Å²) in [7, 11) is 0. The smallest absolute Gasteiger partial charge is 0.0685 e. The molecule has 0 aromatic heterocycles. The van der Waals surface area contributed by atoms with Gasteiger partial charge < -0.3 is 10.4 Å². The van der Waals surface area contributed by atoms with Gasteiger partial charge in [0, 0.05) is 6.54 Å². The number of benzene rings is 1. The van der Waals surface area contributed by atoms with Crippen LogP contribution in [0.1, 0.15) is 24.0 Å². The molecule has 1 aliphatic rings. The fourth-order valence-corrected chi connectivity index (χ4v) is 1.62. The van der Waals surface area contributed by atoms with E-state index in [4.69, 9.17) is 5.11 Å². The lowest BCUT2D eigenvalue weighted by atomic mass is 10.1. The summed E-state index contributed by atoms with van der Waals surface area (Å²) < 4.78 is 0. The van der Waals surface area contributed by atoms with Crippen LogP contribution in [0.25, 0.3) is 0 Å². The minimum atomic E-state index is 0.140. The van der Waals surface area contributed by atoms with Crippen LogP contribution in [0.2, 0.25) is 0 Å². The molecule has 0 radical (unpaired) electrons. The van der Waals surface area contributed by atoms with E-state index in [1.807, 2.05) is 18.2 Å². The summed E-state index contributed by atoms with van der Waals surface area (Å²) in [5.74, 6) is 0.913. The van der Waals surface area contributed by atoms with Crippen LogP contribution >= 0.6 is 0 Å². The summed E-state index contributed by atoms with van der Waals surface area (Å²) in [6.07, 6.45) is 2.77. The van der Waals surface area contributed by atoms with Crippen molar-refractivity contribution in [2.75, 3.05) is 6.54 Å². The highest BCUT2D eigenvalue weighted by molar-refractivity contribution is 5.26. The van der Waals surface area contributed by atoms with Crippen molar-refractivity contribution in [3.05, 3.63) is 35.4 Å². The summed E-state index contributed by atoms with van der Waals surface area (Å²) >= 11 is 0. The van der Waals surface area contributed by atoms with Gasteiger partial charge in [0.05, 0.1) is 6.61 Å². The predicted octanol–water partition coefficient (Wildman–Crippen LogP) is 1.68. The van der Waals surface area contributed by atoms with Gasteiger partial charge in [-0.3, -0.25) is 0 Å². The second-order valence-electron chi connectivity index (χ2n) is 4.00. The van der Waals surface area contributed by atoms with Gasteiger partial charge in [-0.05, 0) is 36.4 Å². The van der Waals surface area contributed by atoms with Crippen molar-refractivity contribution < 1.29 is 5.11 Å². The topological polar surface area (TPSA) is 32.3 Å². The molecule has 0 aliphatic heterocycles. The van der Waals surface area contributed by atoms with Crippen molar-refractivity contribution in [2.45, 2.75) is 26.0 Å². The minimum absolute atomic E-state index is 0.140. The van der Waals surface area contributed by atoms with Crippen LogP contribution in [0.3, 0.4) is 0 Å². The number of aliphatic hydroxyl groups is 1. The van der Waals surface area contributed by atoms with Crippen molar-refractivity contribution in [3.63, 3.8) is 0 Å². The van der Waals surface area contributed by atoms with Gasteiger partial charge in [-0.1, -0.05) is 24.3 Å². The molecule has 1 aromatic rings. The Morgan fingerprint density at radius 2 is 1.93 bits per heavy atom. The minimum Gasteiger partial charge on any atom is -0.392 e. The average Bonchev–Trinajstić information content (AvgIpc) is 3.03. The SMILES string of the molecule is OCc1ccccc1CNCC1CC1. The van der Waals surface area contributed by atoms with Gasteiger partial charge in [-0.15, -0.1) is 0 Å². The molecule has 0 heterocycles. The Hall–Kier alpha value is -0.860. The van der Waals surface area contributed by atoms with E-state index in [0.29, 0.717) is 0 Å². The quantitative estimate of drug-likeness (QED) is 0.742. The zero-order valence-electron chi connectivity index (χ0n) is 8.37. The summed E-state index contributed by atoms with van der Waals surface area (Å²) in [4.78, 5) is 0. The molecule has 14 heavy (non-hydrogen) atoms.